The van der Waals surface area contributed by atoms with Gasteiger partial charge in [-0.05, 0) is 37.5 Å². The zero-order valence-corrected chi connectivity index (χ0v) is 8.20. The molecule has 0 spiro atoms. The summed E-state index contributed by atoms with van der Waals surface area (Å²) in [5.41, 5.74) is 0. The molecule has 0 bridgehead atoms. The summed E-state index contributed by atoms with van der Waals surface area (Å²) in [6.07, 6.45) is 6.49. The normalized spacial score (nSPS) is 41.5. The van der Waals surface area contributed by atoms with E-state index < -0.39 is 0 Å². The molecule has 72 valence electrons. The van der Waals surface area contributed by atoms with Crippen molar-refractivity contribution in [2.45, 2.75) is 38.1 Å². The fourth-order valence-electron chi connectivity index (χ4n) is 3.06. The summed E-state index contributed by atoms with van der Waals surface area (Å²) in [6, 6.07) is 0.605. The van der Waals surface area contributed by atoms with E-state index in [0.717, 1.165) is 11.8 Å². The first kappa shape index (κ1) is 7.84. The van der Waals surface area contributed by atoms with E-state index in [1.807, 2.05) is 11.9 Å². The summed E-state index contributed by atoms with van der Waals surface area (Å²) in [5.74, 6) is 2.47. The lowest BCUT2D eigenvalue weighted by molar-refractivity contribution is -0.132. The maximum absolute atomic E-state index is 11.9. The quantitative estimate of drug-likeness (QED) is 0.631. The van der Waals surface area contributed by atoms with E-state index in [0.29, 0.717) is 17.9 Å². The van der Waals surface area contributed by atoms with Gasteiger partial charge in [0.2, 0.25) is 5.91 Å². The van der Waals surface area contributed by atoms with Crippen molar-refractivity contribution in [2.24, 2.45) is 17.8 Å². The smallest absolute Gasteiger partial charge is 0.226 e. The van der Waals surface area contributed by atoms with E-state index in [2.05, 4.69) is 0 Å². The second-order valence-electron chi connectivity index (χ2n) is 4.96. The van der Waals surface area contributed by atoms with Gasteiger partial charge >= 0.3 is 0 Å². The zero-order valence-electron chi connectivity index (χ0n) is 8.20. The number of carbonyl (C=O) groups is 1. The van der Waals surface area contributed by atoms with Crippen molar-refractivity contribution in [3.05, 3.63) is 0 Å². The zero-order chi connectivity index (χ0) is 9.00. The number of carbonyl (C=O) groups excluding carboxylic acids is 1. The van der Waals surface area contributed by atoms with Crippen LogP contribution in [0.3, 0.4) is 0 Å². The van der Waals surface area contributed by atoms with Crippen LogP contribution in [-0.4, -0.2) is 23.9 Å². The Balaban J connectivity index is 1.63. The Hall–Kier alpha value is -0.530. The third-order valence-electron chi connectivity index (χ3n) is 4.13. The molecule has 0 aromatic heterocycles. The van der Waals surface area contributed by atoms with E-state index in [1.165, 1.54) is 32.1 Å². The molecule has 2 atom stereocenters. The second kappa shape index (κ2) is 2.49. The van der Waals surface area contributed by atoms with Crippen LogP contribution in [0.25, 0.3) is 0 Å². The van der Waals surface area contributed by atoms with Crippen LogP contribution in [0.2, 0.25) is 0 Å². The molecular weight excluding hydrogens is 162 g/mol. The molecule has 2 heteroatoms. The van der Waals surface area contributed by atoms with Crippen LogP contribution in [0.1, 0.15) is 32.1 Å². The van der Waals surface area contributed by atoms with Crippen LogP contribution in [0.5, 0.6) is 0 Å². The molecule has 2 nitrogen and oxygen atoms in total. The molecule has 0 aliphatic heterocycles. The molecule has 3 aliphatic carbocycles. The average molecular weight is 179 g/mol. The maximum Gasteiger partial charge on any atom is 0.226 e. The van der Waals surface area contributed by atoms with E-state index in [9.17, 15) is 4.79 Å². The summed E-state index contributed by atoms with van der Waals surface area (Å²) in [6.45, 7) is 0. The third-order valence-corrected chi connectivity index (χ3v) is 4.13. The summed E-state index contributed by atoms with van der Waals surface area (Å²) < 4.78 is 0. The van der Waals surface area contributed by atoms with Crippen molar-refractivity contribution in [3.8, 4) is 0 Å². The van der Waals surface area contributed by atoms with Crippen LogP contribution >= 0.6 is 0 Å². The van der Waals surface area contributed by atoms with Crippen LogP contribution < -0.4 is 0 Å². The molecule has 0 heterocycles. The van der Waals surface area contributed by atoms with Gasteiger partial charge in [-0.25, -0.2) is 0 Å². The van der Waals surface area contributed by atoms with Crippen molar-refractivity contribution in [3.63, 3.8) is 0 Å². The molecule has 0 radical (unpaired) electrons. The molecule has 3 fully saturated rings. The van der Waals surface area contributed by atoms with Crippen LogP contribution in [0.4, 0.5) is 0 Å². The fraction of sp³-hybridized carbons (Fsp3) is 0.909. The summed E-state index contributed by atoms with van der Waals surface area (Å²) in [7, 11) is 1.99. The Morgan fingerprint density at radius 2 is 1.77 bits per heavy atom. The molecule has 0 aromatic carbocycles. The maximum atomic E-state index is 11.9. The standard InChI is InChI=1S/C11H17NO/c1-12(7-5-6-7)11(13)10-8-3-2-4-9(8)10/h7-10H,2-6H2,1H3. The lowest BCUT2D eigenvalue weighted by Crippen LogP contribution is -2.31. The molecular formula is C11H17NO. The number of rotatable bonds is 2. The lowest BCUT2D eigenvalue weighted by Gasteiger charge is -2.17. The van der Waals surface area contributed by atoms with Crippen molar-refractivity contribution >= 4 is 5.91 Å². The monoisotopic (exact) mass is 179 g/mol. The lowest BCUT2D eigenvalue weighted by atomic mass is 10.1. The Kier molecular flexibility index (Phi) is 1.50. The molecule has 0 N–H and O–H groups in total. The van der Waals surface area contributed by atoms with Gasteiger partial charge in [0.25, 0.3) is 0 Å². The van der Waals surface area contributed by atoms with E-state index >= 15 is 0 Å². The first-order chi connectivity index (χ1) is 6.29. The van der Waals surface area contributed by atoms with Gasteiger partial charge in [-0.15, -0.1) is 0 Å². The van der Waals surface area contributed by atoms with Gasteiger partial charge in [0.05, 0.1) is 0 Å². The van der Waals surface area contributed by atoms with Gasteiger partial charge in [0, 0.05) is 19.0 Å². The third kappa shape index (κ3) is 1.11. The highest BCUT2D eigenvalue weighted by atomic mass is 16.2. The number of amides is 1. The van der Waals surface area contributed by atoms with Gasteiger partial charge < -0.3 is 4.90 Å². The molecule has 2 unspecified atom stereocenters. The van der Waals surface area contributed by atoms with E-state index in [4.69, 9.17) is 0 Å². The number of hydrogen-bond donors (Lipinski definition) is 0. The highest BCUT2D eigenvalue weighted by Crippen LogP contribution is 2.58. The van der Waals surface area contributed by atoms with Gasteiger partial charge in [-0.1, -0.05) is 6.42 Å². The van der Waals surface area contributed by atoms with Gasteiger partial charge in [-0.3, -0.25) is 4.79 Å². The van der Waals surface area contributed by atoms with Crippen molar-refractivity contribution in [1.82, 2.24) is 4.90 Å². The van der Waals surface area contributed by atoms with Crippen molar-refractivity contribution in [1.29, 1.82) is 0 Å². The summed E-state index contributed by atoms with van der Waals surface area (Å²) >= 11 is 0. The Labute approximate surface area is 79.3 Å². The predicted molar refractivity (Wildman–Crippen MR) is 50.1 cm³/mol. The SMILES string of the molecule is CN(C(=O)C1C2CCCC21)C1CC1. The molecule has 3 aliphatic rings. The van der Waals surface area contributed by atoms with Crippen molar-refractivity contribution in [2.75, 3.05) is 7.05 Å². The van der Waals surface area contributed by atoms with Gasteiger partial charge in [0.1, 0.15) is 0 Å². The van der Waals surface area contributed by atoms with Gasteiger partial charge in [-0.2, -0.15) is 0 Å². The summed E-state index contributed by atoms with van der Waals surface area (Å²) in [4.78, 5) is 13.9. The number of hydrogen-bond acceptors (Lipinski definition) is 1. The Morgan fingerprint density at radius 1 is 1.15 bits per heavy atom. The van der Waals surface area contributed by atoms with Gasteiger partial charge in [0.15, 0.2) is 0 Å². The molecule has 3 saturated carbocycles. The first-order valence-electron chi connectivity index (χ1n) is 5.55. The van der Waals surface area contributed by atoms with Crippen LogP contribution in [0, 0.1) is 17.8 Å². The highest BCUT2D eigenvalue weighted by molar-refractivity contribution is 5.82. The minimum Gasteiger partial charge on any atom is -0.343 e. The largest absolute Gasteiger partial charge is 0.343 e. The summed E-state index contributed by atoms with van der Waals surface area (Å²) in [5, 5.41) is 0. The topological polar surface area (TPSA) is 20.3 Å². The predicted octanol–water partition coefficient (Wildman–Crippen LogP) is 1.65. The Bertz CT molecular complexity index is 236. The van der Waals surface area contributed by atoms with E-state index in [1.54, 1.807) is 0 Å². The number of nitrogens with zero attached hydrogens (tertiary/aromatic N) is 1. The minimum absolute atomic E-state index is 0.444. The second-order valence-corrected chi connectivity index (χ2v) is 4.96. The fourth-order valence-corrected chi connectivity index (χ4v) is 3.06. The van der Waals surface area contributed by atoms with Crippen molar-refractivity contribution < 1.29 is 4.79 Å². The molecule has 1 amide bonds. The molecule has 0 aromatic rings. The Morgan fingerprint density at radius 3 is 2.31 bits per heavy atom. The molecule has 13 heavy (non-hydrogen) atoms. The average Bonchev–Trinajstić information content (AvgIpc) is 3.04. The first-order valence-corrected chi connectivity index (χ1v) is 5.55. The molecule has 0 saturated heterocycles. The van der Waals surface area contributed by atoms with Crippen LogP contribution in [0.15, 0.2) is 0 Å². The van der Waals surface area contributed by atoms with E-state index in [-0.39, 0.29) is 0 Å². The van der Waals surface area contributed by atoms with Crippen LogP contribution in [-0.2, 0) is 4.79 Å². The molecule has 3 rings (SSSR count). The number of fused-ring (bicyclic) bond motifs is 1. The highest BCUT2D eigenvalue weighted by Gasteiger charge is 2.57. The minimum atomic E-state index is 0.444.